The first-order valence-electron chi connectivity index (χ1n) is 6.73. The van der Waals surface area contributed by atoms with E-state index in [2.05, 4.69) is 41.4 Å². The Morgan fingerprint density at radius 2 is 2.35 bits per heavy atom. The monoisotopic (exact) mass is 341 g/mol. The quantitative estimate of drug-likeness (QED) is 0.871. The summed E-state index contributed by atoms with van der Waals surface area (Å²) < 4.78 is 0.848. The Bertz CT molecular complexity index is 510. The van der Waals surface area contributed by atoms with Crippen molar-refractivity contribution in [1.29, 1.82) is 0 Å². The molecule has 1 unspecified atom stereocenters. The molecule has 1 aliphatic rings. The van der Waals surface area contributed by atoms with E-state index in [1.54, 1.807) is 13.2 Å². The van der Waals surface area contributed by atoms with Crippen LogP contribution in [0.15, 0.2) is 10.7 Å². The van der Waals surface area contributed by atoms with Crippen molar-refractivity contribution < 1.29 is 4.79 Å². The Labute approximate surface area is 127 Å². The third-order valence-corrected chi connectivity index (χ3v) is 4.17. The van der Waals surface area contributed by atoms with E-state index in [4.69, 9.17) is 0 Å². The Kier molecular flexibility index (Phi) is 4.47. The number of halogens is 1. The van der Waals surface area contributed by atoms with Gasteiger partial charge in [-0.05, 0) is 36.2 Å². The summed E-state index contributed by atoms with van der Waals surface area (Å²) in [6, 6.07) is 0. The van der Waals surface area contributed by atoms with Crippen LogP contribution in [0.5, 0.6) is 0 Å². The standard InChI is InChI=1S/C13H20BrN5O/c1-4-16-12-17-7-9(14)10(18-12)19-6-5-13(2,8-19)11(20)15-3/h7H,4-6,8H2,1-3H3,(H,15,20)(H,16,17,18). The van der Waals surface area contributed by atoms with Crippen molar-refractivity contribution in [2.24, 2.45) is 5.41 Å². The van der Waals surface area contributed by atoms with Crippen molar-refractivity contribution >= 4 is 33.6 Å². The van der Waals surface area contributed by atoms with Gasteiger partial charge in [-0.2, -0.15) is 4.98 Å². The molecule has 6 nitrogen and oxygen atoms in total. The van der Waals surface area contributed by atoms with Crippen LogP contribution in [0.4, 0.5) is 11.8 Å². The van der Waals surface area contributed by atoms with Gasteiger partial charge in [-0.3, -0.25) is 4.79 Å². The fourth-order valence-corrected chi connectivity index (χ4v) is 2.89. The van der Waals surface area contributed by atoms with Crippen LogP contribution in [0, 0.1) is 5.41 Å². The first-order valence-corrected chi connectivity index (χ1v) is 7.53. The van der Waals surface area contributed by atoms with Gasteiger partial charge in [-0.1, -0.05) is 0 Å². The van der Waals surface area contributed by atoms with Crippen molar-refractivity contribution in [1.82, 2.24) is 15.3 Å². The number of nitrogens with one attached hydrogen (secondary N) is 2. The summed E-state index contributed by atoms with van der Waals surface area (Å²) in [7, 11) is 1.68. The van der Waals surface area contributed by atoms with Crippen LogP contribution >= 0.6 is 15.9 Å². The van der Waals surface area contributed by atoms with Crippen LogP contribution in [0.3, 0.4) is 0 Å². The predicted octanol–water partition coefficient (Wildman–Crippen LogP) is 1.63. The number of aromatic nitrogens is 2. The number of rotatable bonds is 4. The molecule has 2 heterocycles. The number of nitrogens with zero attached hydrogens (tertiary/aromatic N) is 3. The molecule has 2 rings (SSSR count). The number of amides is 1. The van der Waals surface area contributed by atoms with Crippen LogP contribution in [-0.2, 0) is 4.79 Å². The van der Waals surface area contributed by atoms with Gasteiger partial charge < -0.3 is 15.5 Å². The molecule has 20 heavy (non-hydrogen) atoms. The van der Waals surface area contributed by atoms with E-state index < -0.39 is 0 Å². The molecule has 1 amide bonds. The number of anilines is 2. The van der Waals surface area contributed by atoms with Crippen LogP contribution < -0.4 is 15.5 Å². The van der Waals surface area contributed by atoms with Gasteiger partial charge in [0.1, 0.15) is 5.82 Å². The van der Waals surface area contributed by atoms with Gasteiger partial charge in [0.05, 0.1) is 9.89 Å². The van der Waals surface area contributed by atoms with Gasteiger partial charge >= 0.3 is 0 Å². The lowest BCUT2D eigenvalue weighted by atomic mass is 9.89. The van der Waals surface area contributed by atoms with Crippen molar-refractivity contribution in [3.8, 4) is 0 Å². The topological polar surface area (TPSA) is 70.2 Å². The first-order chi connectivity index (χ1) is 9.50. The zero-order valence-corrected chi connectivity index (χ0v) is 13.6. The van der Waals surface area contributed by atoms with Gasteiger partial charge in [0.2, 0.25) is 11.9 Å². The maximum Gasteiger partial charge on any atom is 0.227 e. The third kappa shape index (κ3) is 2.87. The average molecular weight is 342 g/mol. The summed E-state index contributed by atoms with van der Waals surface area (Å²) in [5.74, 6) is 1.53. The molecule has 0 aromatic carbocycles. The molecule has 2 N–H and O–H groups in total. The van der Waals surface area contributed by atoms with E-state index in [0.29, 0.717) is 12.5 Å². The Morgan fingerprint density at radius 1 is 1.60 bits per heavy atom. The van der Waals surface area contributed by atoms with Gasteiger partial charge in [0, 0.05) is 32.9 Å². The Morgan fingerprint density at radius 3 is 3.00 bits per heavy atom. The zero-order valence-electron chi connectivity index (χ0n) is 12.0. The summed E-state index contributed by atoms with van der Waals surface area (Å²) in [6.45, 7) is 6.24. The van der Waals surface area contributed by atoms with E-state index in [-0.39, 0.29) is 11.3 Å². The minimum Gasteiger partial charge on any atom is -0.359 e. The maximum atomic E-state index is 12.0. The van der Waals surface area contributed by atoms with Gasteiger partial charge in [-0.25, -0.2) is 4.98 Å². The van der Waals surface area contributed by atoms with Crippen LogP contribution in [0.2, 0.25) is 0 Å². The number of carbonyl (C=O) groups excluding carboxylic acids is 1. The summed E-state index contributed by atoms with van der Waals surface area (Å²) in [4.78, 5) is 22.8. The Hall–Kier alpha value is -1.37. The molecule has 1 saturated heterocycles. The number of hydrogen-bond donors (Lipinski definition) is 2. The SMILES string of the molecule is CCNc1ncc(Br)c(N2CCC(C)(C(=O)NC)C2)n1. The number of carbonyl (C=O) groups is 1. The molecule has 0 saturated carbocycles. The summed E-state index contributed by atoms with van der Waals surface area (Å²) >= 11 is 3.49. The second kappa shape index (κ2) is 5.95. The molecular weight excluding hydrogens is 322 g/mol. The highest BCUT2D eigenvalue weighted by Gasteiger charge is 2.40. The van der Waals surface area contributed by atoms with Crippen molar-refractivity contribution in [3.05, 3.63) is 10.7 Å². The molecule has 0 bridgehead atoms. The number of hydrogen-bond acceptors (Lipinski definition) is 5. The lowest BCUT2D eigenvalue weighted by Gasteiger charge is -2.24. The molecule has 1 fully saturated rings. The molecule has 1 atom stereocenters. The van der Waals surface area contributed by atoms with E-state index >= 15 is 0 Å². The molecular formula is C13H20BrN5O. The third-order valence-electron chi connectivity index (χ3n) is 3.61. The highest BCUT2D eigenvalue weighted by Crippen LogP contribution is 2.35. The minimum atomic E-state index is -0.364. The van der Waals surface area contributed by atoms with Crippen LogP contribution in [-0.4, -0.2) is 42.6 Å². The van der Waals surface area contributed by atoms with E-state index in [1.807, 2.05) is 13.8 Å². The van der Waals surface area contributed by atoms with Crippen LogP contribution in [0.1, 0.15) is 20.3 Å². The van der Waals surface area contributed by atoms with Crippen molar-refractivity contribution in [3.63, 3.8) is 0 Å². The van der Waals surface area contributed by atoms with Crippen LogP contribution in [0.25, 0.3) is 0 Å². The van der Waals surface area contributed by atoms with E-state index in [0.717, 1.165) is 29.8 Å². The van der Waals surface area contributed by atoms with Crippen molar-refractivity contribution in [2.45, 2.75) is 20.3 Å². The van der Waals surface area contributed by atoms with Gasteiger partial charge in [-0.15, -0.1) is 0 Å². The van der Waals surface area contributed by atoms with Gasteiger partial charge in [0.15, 0.2) is 0 Å². The zero-order chi connectivity index (χ0) is 14.8. The Balaban J connectivity index is 2.21. The van der Waals surface area contributed by atoms with Crippen molar-refractivity contribution in [2.75, 3.05) is 36.9 Å². The fourth-order valence-electron chi connectivity index (χ4n) is 2.45. The molecule has 1 aromatic rings. The largest absolute Gasteiger partial charge is 0.359 e. The molecule has 7 heteroatoms. The molecule has 1 aliphatic heterocycles. The van der Waals surface area contributed by atoms with Gasteiger partial charge in [0.25, 0.3) is 0 Å². The smallest absolute Gasteiger partial charge is 0.227 e. The summed E-state index contributed by atoms with van der Waals surface area (Å²) in [6.07, 6.45) is 2.57. The summed E-state index contributed by atoms with van der Waals surface area (Å²) in [5.41, 5.74) is -0.364. The second-order valence-corrected chi connectivity index (χ2v) is 6.06. The summed E-state index contributed by atoms with van der Waals surface area (Å²) in [5, 5.41) is 5.85. The molecule has 110 valence electrons. The predicted molar refractivity (Wildman–Crippen MR) is 82.9 cm³/mol. The van der Waals surface area contributed by atoms with E-state index in [9.17, 15) is 4.79 Å². The lowest BCUT2D eigenvalue weighted by molar-refractivity contribution is -0.128. The second-order valence-electron chi connectivity index (χ2n) is 5.21. The molecule has 0 aliphatic carbocycles. The lowest BCUT2D eigenvalue weighted by Crippen LogP contribution is -2.39. The fraction of sp³-hybridized carbons (Fsp3) is 0.615. The molecule has 1 aromatic heterocycles. The van der Waals surface area contributed by atoms with E-state index in [1.165, 1.54) is 0 Å². The highest BCUT2D eigenvalue weighted by atomic mass is 79.9. The normalized spacial score (nSPS) is 21.9. The molecule has 0 radical (unpaired) electrons. The maximum absolute atomic E-state index is 12.0. The first kappa shape index (κ1) is 15.0. The minimum absolute atomic E-state index is 0.0806. The average Bonchev–Trinajstić information content (AvgIpc) is 2.84. The molecule has 0 spiro atoms. The highest BCUT2D eigenvalue weighted by molar-refractivity contribution is 9.10.